The third-order valence-electron chi connectivity index (χ3n) is 3.08. The molecule has 1 aromatic rings. The lowest BCUT2D eigenvalue weighted by molar-refractivity contribution is 0.0295. The van der Waals surface area contributed by atoms with E-state index < -0.39 is 16.4 Å². The van der Waals surface area contributed by atoms with Crippen molar-refractivity contribution in [1.82, 2.24) is 14.9 Å². The highest BCUT2D eigenvalue weighted by molar-refractivity contribution is 7.85. The van der Waals surface area contributed by atoms with Crippen LogP contribution in [0.3, 0.4) is 0 Å². The lowest BCUT2D eigenvalue weighted by Gasteiger charge is -2.24. The normalized spacial score (nSPS) is 20.0. The van der Waals surface area contributed by atoms with Gasteiger partial charge in [0.2, 0.25) is 5.16 Å². The van der Waals surface area contributed by atoms with Gasteiger partial charge in [0.1, 0.15) is 10.8 Å². The maximum atomic E-state index is 12.6. The second kappa shape index (κ2) is 6.50. The van der Waals surface area contributed by atoms with E-state index in [0.29, 0.717) is 25.2 Å². The topological polar surface area (TPSA) is 72.4 Å². The number of hydrogen-bond donors (Lipinski definition) is 0. The second-order valence-corrected chi connectivity index (χ2v) is 8.26. The van der Waals surface area contributed by atoms with Crippen LogP contribution in [0.2, 0.25) is 5.15 Å². The molecule has 1 aromatic heterocycles. The number of nitrogens with zero attached hydrogens (tertiary/aromatic N) is 3. The van der Waals surface area contributed by atoms with Gasteiger partial charge in [-0.2, -0.15) is 0 Å². The molecule has 1 aliphatic rings. The van der Waals surface area contributed by atoms with E-state index >= 15 is 0 Å². The van der Waals surface area contributed by atoms with Gasteiger partial charge in [-0.3, -0.25) is 4.21 Å². The van der Waals surface area contributed by atoms with E-state index in [4.69, 9.17) is 16.3 Å². The zero-order chi connectivity index (χ0) is 16.5. The third kappa shape index (κ3) is 4.39. The summed E-state index contributed by atoms with van der Waals surface area (Å²) in [5, 5.41) is 0.296. The smallest absolute Gasteiger partial charge is 0.410 e. The Labute approximate surface area is 137 Å². The SMILES string of the molecule is Cc1cc(Cl)nc([S@@](=O)[C@H]2CCN(C(=O)OC(C)(C)C)C2)n1. The average Bonchev–Trinajstić information content (AvgIpc) is 2.84. The molecule has 0 N–H and O–H groups in total. The molecular formula is C14H20ClN3O3S. The van der Waals surface area contributed by atoms with Gasteiger partial charge in [-0.25, -0.2) is 14.8 Å². The highest BCUT2D eigenvalue weighted by Gasteiger charge is 2.34. The Hall–Kier alpha value is -1.21. The average molecular weight is 346 g/mol. The number of carbonyl (C=O) groups excluding carboxylic acids is 1. The molecule has 22 heavy (non-hydrogen) atoms. The quantitative estimate of drug-likeness (QED) is 0.608. The van der Waals surface area contributed by atoms with Crippen LogP contribution < -0.4 is 0 Å². The molecule has 0 saturated carbocycles. The van der Waals surface area contributed by atoms with Crippen molar-refractivity contribution in [2.45, 2.75) is 50.1 Å². The summed E-state index contributed by atoms with van der Waals surface area (Å²) in [4.78, 5) is 21.8. The van der Waals surface area contributed by atoms with E-state index in [9.17, 15) is 9.00 Å². The summed E-state index contributed by atoms with van der Waals surface area (Å²) in [6.45, 7) is 8.12. The summed E-state index contributed by atoms with van der Waals surface area (Å²) in [7, 11) is -1.40. The molecule has 1 amide bonds. The van der Waals surface area contributed by atoms with Crippen molar-refractivity contribution in [3.63, 3.8) is 0 Å². The summed E-state index contributed by atoms with van der Waals surface area (Å²) in [6.07, 6.45) is 0.246. The molecule has 0 spiro atoms. The number of halogens is 1. The van der Waals surface area contributed by atoms with Crippen LogP contribution in [-0.4, -0.2) is 49.1 Å². The highest BCUT2D eigenvalue weighted by atomic mass is 35.5. The van der Waals surface area contributed by atoms with E-state index in [1.54, 1.807) is 17.9 Å². The Morgan fingerprint density at radius 2 is 2.14 bits per heavy atom. The van der Waals surface area contributed by atoms with E-state index in [0.717, 1.165) is 0 Å². The van der Waals surface area contributed by atoms with E-state index in [2.05, 4.69) is 9.97 Å². The molecule has 0 unspecified atom stereocenters. The number of rotatable bonds is 2. The summed E-state index contributed by atoms with van der Waals surface area (Å²) in [5.41, 5.74) is 0.131. The summed E-state index contributed by atoms with van der Waals surface area (Å²) >= 11 is 5.88. The number of amides is 1. The molecule has 0 radical (unpaired) electrons. The Kier molecular flexibility index (Phi) is 5.07. The maximum absolute atomic E-state index is 12.6. The van der Waals surface area contributed by atoms with Crippen LogP contribution >= 0.6 is 11.6 Å². The van der Waals surface area contributed by atoms with Gasteiger partial charge in [0.15, 0.2) is 0 Å². The van der Waals surface area contributed by atoms with Crippen LogP contribution in [0.15, 0.2) is 11.2 Å². The number of carbonyl (C=O) groups is 1. The van der Waals surface area contributed by atoms with Gasteiger partial charge in [0.05, 0.1) is 16.0 Å². The molecule has 122 valence electrons. The Morgan fingerprint density at radius 3 is 2.73 bits per heavy atom. The number of likely N-dealkylation sites (tertiary alicyclic amines) is 1. The molecule has 8 heteroatoms. The summed E-state index contributed by atoms with van der Waals surface area (Å²) < 4.78 is 17.9. The minimum atomic E-state index is -1.40. The molecule has 1 aliphatic heterocycles. The minimum Gasteiger partial charge on any atom is -0.444 e. The van der Waals surface area contributed by atoms with Gasteiger partial charge in [-0.1, -0.05) is 11.6 Å². The molecule has 1 saturated heterocycles. The predicted molar refractivity (Wildman–Crippen MR) is 84.4 cm³/mol. The zero-order valence-corrected chi connectivity index (χ0v) is 14.7. The lowest BCUT2D eigenvalue weighted by Crippen LogP contribution is -2.36. The number of hydrogen-bond acceptors (Lipinski definition) is 5. The molecule has 2 atom stereocenters. The Morgan fingerprint density at radius 1 is 1.45 bits per heavy atom. The van der Waals surface area contributed by atoms with Crippen LogP contribution in [0, 0.1) is 6.92 Å². The van der Waals surface area contributed by atoms with Gasteiger partial charge < -0.3 is 9.64 Å². The Balaban J connectivity index is 2.03. The van der Waals surface area contributed by atoms with Crippen molar-refractivity contribution in [3.05, 3.63) is 16.9 Å². The van der Waals surface area contributed by atoms with Crippen molar-refractivity contribution in [3.8, 4) is 0 Å². The number of ether oxygens (including phenoxy) is 1. The second-order valence-electron chi connectivity index (χ2n) is 6.25. The number of aromatic nitrogens is 2. The van der Waals surface area contributed by atoms with Gasteiger partial charge in [0, 0.05) is 18.8 Å². The molecular weight excluding hydrogens is 326 g/mol. The van der Waals surface area contributed by atoms with Crippen LogP contribution in [0.4, 0.5) is 4.79 Å². The first-order valence-electron chi connectivity index (χ1n) is 7.05. The minimum absolute atomic E-state index is 0.203. The van der Waals surface area contributed by atoms with Gasteiger partial charge in [-0.15, -0.1) is 0 Å². The molecule has 2 rings (SSSR count). The van der Waals surface area contributed by atoms with Crippen LogP contribution in [0.5, 0.6) is 0 Å². The highest BCUT2D eigenvalue weighted by Crippen LogP contribution is 2.21. The number of aryl methyl sites for hydroxylation is 1. The third-order valence-corrected chi connectivity index (χ3v) is 4.81. The monoisotopic (exact) mass is 345 g/mol. The van der Waals surface area contributed by atoms with Crippen molar-refractivity contribution in [1.29, 1.82) is 0 Å². The van der Waals surface area contributed by atoms with Gasteiger partial charge in [-0.05, 0) is 40.2 Å². The fourth-order valence-electron chi connectivity index (χ4n) is 2.14. The van der Waals surface area contributed by atoms with Gasteiger partial charge in [0.25, 0.3) is 0 Å². The molecule has 1 fully saturated rings. The fraction of sp³-hybridized carbons (Fsp3) is 0.643. The van der Waals surface area contributed by atoms with Crippen molar-refractivity contribution >= 4 is 28.5 Å². The van der Waals surface area contributed by atoms with Crippen molar-refractivity contribution < 1.29 is 13.7 Å². The lowest BCUT2D eigenvalue weighted by atomic mass is 10.2. The Bertz CT molecular complexity index is 583. The largest absolute Gasteiger partial charge is 0.444 e. The molecule has 0 aromatic carbocycles. The van der Waals surface area contributed by atoms with Crippen LogP contribution in [0.25, 0.3) is 0 Å². The van der Waals surface area contributed by atoms with Gasteiger partial charge >= 0.3 is 6.09 Å². The summed E-state index contributed by atoms with van der Waals surface area (Å²) in [5.74, 6) is 0. The van der Waals surface area contributed by atoms with Crippen LogP contribution in [0.1, 0.15) is 32.9 Å². The molecule has 0 bridgehead atoms. The first-order chi connectivity index (χ1) is 10.2. The maximum Gasteiger partial charge on any atom is 0.410 e. The zero-order valence-electron chi connectivity index (χ0n) is 13.1. The van der Waals surface area contributed by atoms with Crippen molar-refractivity contribution in [2.75, 3.05) is 13.1 Å². The van der Waals surface area contributed by atoms with Crippen LogP contribution in [-0.2, 0) is 15.5 Å². The molecule has 6 nitrogen and oxygen atoms in total. The first-order valence-corrected chi connectivity index (χ1v) is 8.64. The standard InChI is InChI=1S/C14H20ClN3O3S/c1-9-7-11(15)17-12(16-9)22(20)10-5-6-18(8-10)13(19)21-14(2,3)4/h7,10H,5-6,8H2,1-4H3/t10-,22-/m0/s1. The molecule has 2 heterocycles. The van der Waals surface area contributed by atoms with E-state index in [1.807, 2.05) is 20.8 Å². The molecule has 0 aliphatic carbocycles. The van der Waals surface area contributed by atoms with E-state index in [1.165, 1.54) is 0 Å². The summed E-state index contributed by atoms with van der Waals surface area (Å²) in [6, 6.07) is 1.61. The predicted octanol–water partition coefficient (Wildman–Crippen LogP) is 2.56. The van der Waals surface area contributed by atoms with Crippen molar-refractivity contribution in [2.24, 2.45) is 0 Å². The van der Waals surface area contributed by atoms with E-state index in [-0.39, 0.29) is 21.7 Å². The first kappa shape index (κ1) is 17.1. The fourth-order valence-corrected chi connectivity index (χ4v) is 3.78.